The third-order valence-electron chi connectivity index (χ3n) is 9.42. The summed E-state index contributed by atoms with van der Waals surface area (Å²) in [6, 6.07) is 24.9. The van der Waals surface area contributed by atoms with E-state index in [1.54, 1.807) is 6.07 Å². The molecule has 6 nitrogen and oxygen atoms in total. The molecule has 0 bridgehead atoms. The van der Waals surface area contributed by atoms with Crippen LogP contribution in [0.5, 0.6) is 5.75 Å². The smallest absolute Gasteiger partial charge is 0.238 e. The largest absolute Gasteiger partial charge is 0.507 e. The first-order chi connectivity index (χ1) is 21.4. The van der Waals surface area contributed by atoms with E-state index in [-0.39, 0.29) is 47.3 Å². The highest BCUT2D eigenvalue weighted by atomic mass is 16.5. The lowest BCUT2D eigenvalue weighted by atomic mass is 9.67. The number of phenolic OH excluding ortho intramolecular Hbond substituents is 1. The Morgan fingerprint density at radius 1 is 0.932 bits per heavy atom. The minimum atomic E-state index is -0.390. The van der Waals surface area contributed by atoms with Gasteiger partial charge in [0.2, 0.25) is 11.8 Å². The van der Waals surface area contributed by atoms with Crippen LogP contribution in [0.25, 0.3) is 6.08 Å². The number of nitrogens with one attached hydrogen (secondary N) is 1. The Labute approximate surface area is 260 Å². The highest BCUT2D eigenvalue weighted by Crippen LogP contribution is 2.52. The summed E-state index contributed by atoms with van der Waals surface area (Å²) in [5.41, 5.74) is 7.15. The van der Waals surface area contributed by atoms with Crippen LogP contribution in [-0.2, 0) is 14.3 Å². The molecule has 2 fully saturated rings. The summed E-state index contributed by atoms with van der Waals surface area (Å²) in [7, 11) is 0. The number of aromatic hydroxyl groups is 1. The van der Waals surface area contributed by atoms with Gasteiger partial charge in [-0.1, -0.05) is 80.8 Å². The molecule has 2 N–H and O–H groups in total. The topological polar surface area (TPSA) is 78.9 Å². The lowest BCUT2D eigenvalue weighted by Gasteiger charge is -2.33. The summed E-state index contributed by atoms with van der Waals surface area (Å²) in [5.74, 6) is -0.464. The van der Waals surface area contributed by atoms with Gasteiger partial charge in [-0.2, -0.15) is 0 Å². The summed E-state index contributed by atoms with van der Waals surface area (Å²) in [6.07, 6.45) is 6.30. The van der Waals surface area contributed by atoms with Crippen LogP contribution in [0.4, 0.5) is 17.1 Å². The van der Waals surface area contributed by atoms with Gasteiger partial charge in [0.25, 0.3) is 0 Å². The van der Waals surface area contributed by atoms with Crippen LogP contribution in [0.3, 0.4) is 0 Å². The van der Waals surface area contributed by atoms with Crippen molar-refractivity contribution in [2.24, 2.45) is 23.7 Å². The fourth-order valence-corrected chi connectivity index (χ4v) is 7.33. The van der Waals surface area contributed by atoms with Crippen molar-refractivity contribution in [2.75, 3.05) is 16.8 Å². The standard InChI is InChI=1S/C38H42N2O4/c1-4-10-25(21-26-11-8-9-14-33(26)41)15-20-34-35-30(24(2)3)22-31-36(32(35)23-44-34)38(43)40(37(31)42)29-18-16-28(17-19-29)39-27-12-6-5-7-13-27/h5-9,11-14,16-19,21,24,31-32,34,36,39,41H,4,10,15,20,22-23H2,1-3H3/b25-21+/t31-,32+,34-,36-/m1/s1. The van der Waals surface area contributed by atoms with E-state index in [0.717, 1.165) is 42.6 Å². The number of carbonyl (C=O) groups excluding carboxylic acids is 2. The average Bonchev–Trinajstić information content (AvgIpc) is 3.55. The number of benzene rings is 3. The quantitative estimate of drug-likeness (QED) is 0.184. The molecule has 0 spiro atoms. The van der Waals surface area contributed by atoms with Gasteiger partial charge in [-0.25, -0.2) is 0 Å². The van der Waals surface area contributed by atoms with Crippen LogP contribution < -0.4 is 10.2 Å². The van der Waals surface area contributed by atoms with E-state index in [1.165, 1.54) is 21.6 Å². The molecule has 0 unspecified atom stereocenters. The number of hydrogen-bond donors (Lipinski definition) is 2. The number of allylic oxidation sites excluding steroid dienone is 2. The second kappa shape index (κ2) is 12.8. The molecule has 2 saturated heterocycles. The third-order valence-corrected chi connectivity index (χ3v) is 9.42. The van der Waals surface area contributed by atoms with E-state index in [2.05, 4.69) is 32.2 Å². The zero-order chi connectivity index (χ0) is 30.8. The van der Waals surface area contributed by atoms with E-state index in [0.29, 0.717) is 18.7 Å². The first-order valence-corrected chi connectivity index (χ1v) is 16.0. The van der Waals surface area contributed by atoms with Crippen LogP contribution in [0, 0.1) is 23.7 Å². The van der Waals surface area contributed by atoms with Gasteiger partial charge in [0.1, 0.15) is 5.75 Å². The van der Waals surface area contributed by atoms with Gasteiger partial charge < -0.3 is 15.2 Å². The Kier molecular flexibility index (Phi) is 8.72. The summed E-state index contributed by atoms with van der Waals surface area (Å²) < 4.78 is 6.46. The second-order valence-electron chi connectivity index (χ2n) is 12.6. The highest BCUT2D eigenvalue weighted by Gasteiger charge is 2.57. The average molecular weight is 591 g/mol. The predicted octanol–water partition coefficient (Wildman–Crippen LogP) is 8.28. The van der Waals surface area contributed by atoms with Crippen molar-refractivity contribution in [1.29, 1.82) is 0 Å². The van der Waals surface area contributed by atoms with Gasteiger partial charge in [0.05, 0.1) is 30.2 Å². The second-order valence-corrected chi connectivity index (χ2v) is 12.6. The summed E-state index contributed by atoms with van der Waals surface area (Å²) >= 11 is 0. The number of hydrogen-bond acceptors (Lipinski definition) is 5. The van der Waals surface area contributed by atoms with E-state index < -0.39 is 0 Å². The number of ether oxygens (including phenoxy) is 1. The molecule has 0 aromatic heterocycles. The highest BCUT2D eigenvalue weighted by molar-refractivity contribution is 6.22. The number of carbonyl (C=O) groups is 2. The Hall–Kier alpha value is -4.16. The summed E-state index contributed by atoms with van der Waals surface area (Å²) in [6.45, 7) is 7.01. The molecule has 2 heterocycles. The van der Waals surface area contributed by atoms with Gasteiger partial charge in [0, 0.05) is 22.9 Å². The maximum Gasteiger partial charge on any atom is 0.238 e. The minimum absolute atomic E-state index is 0.0664. The Morgan fingerprint density at radius 2 is 1.64 bits per heavy atom. The maximum atomic E-state index is 14.0. The number of phenols is 1. The SMILES string of the molecule is CCC/C(=C\c1ccccc1O)CC[C@H]1OC[C@H]2C1=C(C(C)C)C[C@H]1C(=O)N(c3ccc(Nc4ccccc4)cc3)C(=O)[C@H]12. The molecule has 2 aliphatic heterocycles. The molecule has 3 aromatic rings. The van der Waals surface area contributed by atoms with E-state index >= 15 is 0 Å². The lowest BCUT2D eigenvalue weighted by Crippen LogP contribution is -2.35. The molecule has 4 atom stereocenters. The molecule has 6 heteroatoms. The normalized spacial score (nSPS) is 23.4. The number of imide groups is 1. The molecular formula is C38H42N2O4. The van der Waals surface area contributed by atoms with Gasteiger partial charge in [-0.3, -0.25) is 14.5 Å². The molecule has 1 aliphatic carbocycles. The van der Waals surface area contributed by atoms with Crippen LogP contribution in [0.1, 0.15) is 58.4 Å². The van der Waals surface area contributed by atoms with Gasteiger partial charge in [-0.15, -0.1) is 0 Å². The van der Waals surface area contributed by atoms with Crippen molar-refractivity contribution in [1.82, 2.24) is 0 Å². The van der Waals surface area contributed by atoms with Crippen molar-refractivity contribution < 1.29 is 19.4 Å². The first kappa shape index (κ1) is 29.9. The number of rotatable bonds is 10. The molecule has 44 heavy (non-hydrogen) atoms. The van der Waals surface area contributed by atoms with E-state index in [9.17, 15) is 14.7 Å². The van der Waals surface area contributed by atoms with Crippen LogP contribution in [0.15, 0.2) is 95.6 Å². The fraction of sp³-hybridized carbons (Fsp3) is 0.368. The Morgan fingerprint density at radius 3 is 2.34 bits per heavy atom. The number of para-hydroxylation sites is 2. The van der Waals surface area contributed by atoms with Gasteiger partial charge >= 0.3 is 0 Å². The summed E-state index contributed by atoms with van der Waals surface area (Å²) in [4.78, 5) is 29.3. The number of anilines is 3. The van der Waals surface area contributed by atoms with Crippen LogP contribution in [-0.4, -0.2) is 29.6 Å². The zero-order valence-corrected chi connectivity index (χ0v) is 25.8. The first-order valence-electron chi connectivity index (χ1n) is 16.0. The monoisotopic (exact) mass is 590 g/mol. The fourth-order valence-electron chi connectivity index (χ4n) is 7.33. The van der Waals surface area contributed by atoms with E-state index in [4.69, 9.17) is 4.74 Å². The Balaban J connectivity index is 1.21. The number of amides is 2. The zero-order valence-electron chi connectivity index (χ0n) is 25.8. The molecule has 228 valence electrons. The lowest BCUT2D eigenvalue weighted by molar-refractivity contribution is -0.122. The van der Waals surface area contributed by atoms with Crippen molar-refractivity contribution in [3.8, 4) is 5.75 Å². The molecule has 2 amide bonds. The number of fused-ring (bicyclic) bond motifs is 3. The van der Waals surface area contributed by atoms with Crippen molar-refractivity contribution in [3.05, 3.63) is 101 Å². The minimum Gasteiger partial charge on any atom is -0.507 e. The summed E-state index contributed by atoms with van der Waals surface area (Å²) in [5, 5.41) is 13.7. The number of nitrogens with zero attached hydrogens (tertiary/aromatic N) is 1. The Bertz CT molecular complexity index is 1570. The molecule has 3 aromatic carbocycles. The van der Waals surface area contributed by atoms with Gasteiger partial charge in [-0.05, 0) is 79.6 Å². The van der Waals surface area contributed by atoms with Crippen LogP contribution >= 0.6 is 0 Å². The van der Waals surface area contributed by atoms with E-state index in [1.807, 2.05) is 72.8 Å². The molecular weight excluding hydrogens is 548 g/mol. The van der Waals surface area contributed by atoms with Crippen molar-refractivity contribution in [3.63, 3.8) is 0 Å². The van der Waals surface area contributed by atoms with Crippen molar-refractivity contribution >= 4 is 35.0 Å². The van der Waals surface area contributed by atoms with Gasteiger partial charge in [0.15, 0.2) is 0 Å². The maximum absolute atomic E-state index is 14.0. The predicted molar refractivity (Wildman–Crippen MR) is 176 cm³/mol. The third kappa shape index (κ3) is 5.83. The van der Waals surface area contributed by atoms with Crippen LogP contribution in [0.2, 0.25) is 0 Å². The molecule has 3 aliphatic rings. The molecule has 0 radical (unpaired) electrons. The molecule has 6 rings (SSSR count). The molecule has 0 saturated carbocycles. The van der Waals surface area contributed by atoms with Crippen molar-refractivity contribution in [2.45, 2.75) is 59.0 Å².